The maximum atomic E-state index is 12.5. The Balaban J connectivity index is 1.46. The monoisotopic (exact) mass is 431 g/mol. The van der Waals surface area contributed by atoms with E-state index in [1.807, 2.05) is 29.2 Å². The Morgan fingerprint density at radius 1 is 1.07 bits per heavy atom. The van der Waals surface area contributed by atoms with E-state index in [2.05, 4.69) is 4.90 Å². The van der Waals surface area contributed by atoms with E-state index in [-0.39, 0.29) is 17.3 Å². The molecule has 1 fully saturated rings. The maximum Gasteiger partial charge on any atom is 0.311 e. The van der Waals surface area contributed by atoms with Crippen LogP contribution in [0.4, 0.5) is 11.4 Å². The summed E-state index contributed by atoms with van der Waals surface area (Å²) in [4.78, 5) is 27.3. The topological polar surface area (TPSA) is 85.2 Å². The van der Waals surface area contributed by atoms with Crippen LogP contribution in [0.25, 0.3) is 0 Å². The molecule has 0 saturated carbocycles. The van der Waals surface area contributed by atoms with Crippen molar-refractivity contribution >= 4 is 29.0 Å². The number of nitro benzene ring substituents is 1. The number of ether oxygens (including phenoxy) is 2. The van der Waals surface area contributed by atoms with Gasteiger partial charge in [0, 0.05) is 43.7 Å². The van der Waals surface area contributed by atoms with Crippen LogP contribution in [-0.2, 0) is 10.5 Å². The molecule has 2 aromatic rings. The fraction of sp³-hybridized carbons (Fsp3) is 0.381. The van der Waals surface area contributed by atoms with Crippen molar-refractivity contribution in [1.82, 2.24) is 4.90 Å². The molecule has 9 heteroatoms. The minimum Gasteiger partial charge on any atom is -0.497 e. The van der Waals surface area contributed by atoms with Crippen LogP contribution in [0.3, 0.4) is 0 Å². The zero-order valence-electron chi connectivity index (χ0n) is 17.1. The number of amides is 1. The van der Waals surface area contributed by atoms with Gasteiger partial charge in [-0.05, 0) is 35.9 Å². The van der Waals surface area contributed by atoms with Crippen LogP contribution >= 0.6 is 11.8 Å². The quantitative estimate of drug-likeness (QED) is 0.469. The summed E-state index contributed by atoms with van der Waals surface area (Å²) in [5.74, 6) is 2.04. The number of methoxy groups -OCH3 is 2. The van der Waals surface area contributed by atoms with Gasteiger partial charge in [0.2, 0.25) is 5.91 Å². The average Bonchev–Trinajstić information content (AvgIpc) is 2.79. The number of hydrogen-bond donors (Lipinski definition) is 0. The molecule has 3 rings (SSSR count). The standard InChI is InChI=1S/C21H25N3O5S/c1-28-18-6-4-17(5-7-18)22-9-11-23(12-10-22)21(25)15-30-14-16-3-8-20(29-2)19(13-16)24(26)27/h3-8,13H,9-12,14-15H2,1-2H3. The highest BCUT2D eigenvalue weighted by Gasteiger charge is 2.21. The van der Waals surface area contributed by atoms with E-state index in [4.69, 9.17) is 9.47 Å². The van der Waals surface area contributed by atoms with E-state index in [1.165, 1.54) is 24.9 Å². The van der Waals surface area contributed by atoms with Crippen LogP contribution in [0.15, 0.2) is 42.5 Å². The van der Waals surface area contributed by atoms with Crippen molar-refractivity contribution in [2.24, 2.45) is 0 Å². The van der Waals surface area contributed by atoms with E-state index in [0.29, 0.717) is 24.6 Å². The lowest BCUT2D eigenvalue weighted by Crippen LogP contribution is -2.49. The second-order valence-electron chi connectivity index (χ2n) is 6.82. The van der Waals surface area contributed by atoms with Gasteiger partial charge in [-0.1, -0.05) is 6.07 Å². The molecule has 160 valence electrons. The summed E-state index contributed by atoms with van der Waals surface area (Å²) in [6.07, 6.45) is 0. The van der Waals surface area contributed by atoms with Gasteiger partial charge in [-0.2, -0.15) is 0 Å². The third kappa shape index (κ3) is 5.35. The number of benzene rings is 2. The largest absolute Gasteiger partial charge is 0.497 e. The first-order chi connectivity index (χ1) is 14.5. The maximum absolute atomic E-state index is 12.5. The number of hydrogen-bond acceptors (Lipinski definition) is 7. The molecule has 0 unspecified atom stereocenters. The van der Waals surface area contributed by atoms with Crippen molar-refractivity contribution < 1.29 is 19.2 Å². The molecule has 1 saturated heterocycles. The summed E-state index contributed by atoms with van der Waals surface area (Å²) >= 11 is 1.46. The van der Waals surface area contributed by atoms with Crippen molar-refractivity contribution in [2.75, 3.05) is 51.1 Å². The second kappa shape index (κ2) is 10.2. The molecule has 30 heavy (non-hydrogen) atoms. The number of carbonyl (C=O) groups excluding carboxylic acids is 1. The lowest BCUT2D eigenvalue weighted by molar-refractivity contribution is -0.385. The van der Waals surface area contributed by atoms with Gasteiger partial charge in [0.05, 0.1) is 24.9 Å². The molecule has 1 aliphatic rings. The Morgan fingerprint density at radius 2 is 1.77 bits per heavy atom. The molecule has 1 aliphatic heterocycles. The molecule has 2 aromatic carbocycles. The third-order valence-corrected chi connectivity index (χ3v) is 5.99. The fourth-order valence-electron chi connectivity index (χ4n) is 3.32. The molecule has 0 atom stereocenters. The predicted molar refractivity (Wildman–Crippen MR) is 118 cm³/mol. The Kier molecular flexibility index (Phi) is 7.40. The predicted octanol–water partition coefficient (Wildman–Crippen LogP) is 3.19. The van der Waals surface area contributed by atoms with Crippen LogP contribution in [-0.4, -0.2) is 61.9 Å². The molecule has 1 heterocycles. The summed E-state index contributed by atoms with van der Waals surface area (Å²) in [7, 11) is 3.05. The van der Waals surface area contributed by atoms with Crippen molar-refractivity contribution in [3.8, 4) is 11.5 Å². The molecule has 0 aliphatic carbocycles. The van der Waals surface area contributed by atoms with Crippen LogP contribution < -0.4 is 14.4 Å². The zero-order valence-corrected chi connectivity index (χ0v) is 17.9. The number of anilines is 1. The van der Waals surface area contributed by atoms with Gasteiger partial charge < -0.3 is 19.3 Å². The van der Waals surface area contributed by atoms with Gasteiger partial charge in [-0.25, -0.2) is 0 Å². The van der Waals surface area contributed by atoms with Crippen molar-refractivity contribution in [2.45, 2.75) is 5.75 Å². The Hall–Kier alpha value is -2.94. The van der Waals surface area contributed by atoms with E-state index >= 15 is 0 Å². The van der Waals surface area contributed by atoms with Crippen molar-refractivity contribution in [3.05, 3.63) is 58.1 Å². The van der Waals surface area contributed by atoms with Crippen molar-refractivity contribution in [1.29, 1.82) is 0 Å². The summed E-state index contributed by atoms with van der Waals surface area (Å²) in [6.45, 7) is 2.93. The molecular weight excluding hydrogens is 406 g/mol. The Bertz CT molecular complexity index is 883. The molecule has 0 N–H and O–H groups in total. The Morgan fingerprint density at radius 3 is 2.37 bits per heavy atom. The number of rotatable bonds is 8. The van der Waals surface area contributed by atoms with Gasteiger partial charge >= 0.3 is 5.69 Å². The lowest BCUT2D eigenvalue weighted by Gasteiger charge is -2.36. The minimum absolute atomic E-state index is 0.0587. The van der Waals surface area contributed by atoms with Crippen LogP contribution in [0, 0.1) is 10.1 Å². The van der Waals surface area contributed by atoms with Gasteiger partial charge in [0.15, 0.2) is 5.75 Å². The molecule has 8 nitrogen and oxygen atoms in total. The van der Waals surface area contributed by atoms with Crippen LogP contribution in [0.5, 0.6) is 11.5 Å². The van der Waals surface area contributed by atoms with Gasteiger partial charge in [-0.15, -0.1) is 11.8 Å². The first-order valence-electron chi connectivity index (χ1n) is 9.57. The lowest BCUT2D eigenvalue weighted by atomic mass is 10.2. The van der Waals surface area contributed by atoms with E-state index in [0.717, 1.165) is 30.1 Å². The SMILES string of the molecule is COc1ccc(N2CCN(C(=O)CSCc3ccc(OC)c([N+](=O)[O-])c3)CC2)cc1. The Labute approximate surface area is 179 Å². The third-order valence-electron chi connectivity index (χ3n) is 5.00. The first kappa shape index (κ1) is 21.8. The molecular formula is C21H25N3O5S. The van der Waals surface area contributed by atoms with Gasteiger partial charge in [0.1, 0.15) is 5.75 Å². The average molecular weight is 432 g/mol. The van der Waals surface area contributed by atoms with E-state index in [9.17, 15) is 14.9 Å². The van der Waals surface area contributed by atoms with E-state index < -0.39 is 4.92 Å². The van der Waals surface area contributed by atoms with Gasteiger partial charge in [-0.3, -0.25) is 14.9 Å². The fourth-order valence-corrected chi connectivity index (χ4v) is 4.20. The first-order valence-corrected chi connectivity index (χ1v) is 10.7. The minimum atomic E-state index is -0.458. The molecule has 0 bridgehead atoms. The van der Waals surface area contributed by atoms with Gasteiger partial charge in [0.25, 0.3) is 0 Å². The van der Waals surface area contributed by atoms with Crippen LogP contribution in [0.2, 0.25) is 0 Å². The summed E-state index contributed by atoms with van der Waals surface area (Å²) < 4.78 is 10.2. The highest BCUT2D eigenvalue weighted by atomic mass is 32.2. The smallest absolute Gasteiger partial charge is 0.311 e. The number of nitrogens with zero attached hydrogens (tertiary/aromatic N) is 3. The number of piperazine rings is 1. The summed E-state index contributed by atoms with van der Waals surface area (Å²) in [6, 6.07) is 12.8. The highest BCUT2D eigenvalue weighted by molar-refractivity contribution is 7.99. The number of nitro groups is 1. The summed E-state index contributed by atoms with van der Waals surface area (Å²) in [5, 5.41) is 11.1. The zero-order chi connectivity index (χ0) is 21.5. The van der Waals surface area contributed by atoms with E-state index in [1.54, 1.807) is 19.2 Å². The highest BCUT2D eigenvalue weighted by Crippen LogP contribution is 2.29. The molecule has 0 radical (unpaired) electrons. The molecule has 1 amide bonds. The van der Waals surface area contributed by atoms with Crippen LogP contribution in [0.1, 0.15) is 5.56 Å². The number of carbonyl (C=O) groups is 1. The van der Waals surface area contributed by atoms with Crippen molar-refractivity contribution in [3.63, 3.8) is 0 Å². The number of thioether (sulfide) groups is 1. The summed E-state index contributed by atoms with van der Waals surface area (Å²) in [5.41, 5.74) is 1.86. The second-order valence-corrected chi connectivity index (χ2v) is 7.81. The molecule has 0 spiro atoms. The normalized spacial score (nSPS) is 13.8. The molecule has 0 aromatic heterocycles.